The van der Waals surface area contributed by atoms with Crippen molar-refractivity contribution < 1.29 is 13.2 Å². The number of anilines is 1. The molecular weight excluding hydrogens is 381 g/mol. The monoisotopic (exact) mass is 408 g/mol. The Morgan fingerprint density at radius 2 is 1.97 bits per heavy atom. The number of aryl methyl sites for hydroxylation is 1. The van der Waals surface area contributed by atoms with E-state index in [1.54, 1.807) is 13.8 Å². The highest BCUT2D eigenvalue weighted by Crippen LogP contribution is 2.36. The maximum Gasteiger partial charge on any atom is 0.419 e. The third-order valence-electron chi connectivity index (χ3n) is 5.93. The maximum atomic E-state index is 13.2. The van der Waals surface area contributed by atoms with Crippen molar-refractivity contribution in [3.63, 3.8) is 0 Å². The Balaban J connectivity index is 1.50. The molecule has 0 unspecified atom stereocenters. The predicted octanol–water partition coefficient (Wildman–Crippen LogP) is 4.68. The Hall–Kier alpha value is -2.19. The largest absolute Gasteiger partial charge is 0.419 e. The molecule has 0 bridgehead atoms. The molecule has 0 amide bonds. The average Bonchev–Trinajstić information content (AvgIpc) is 3.11. The van der Waals surface area contributed by atoms with Crippen molar-refractivity contribution in [1.29, 1.82) is 0 Å². The number of hydrogen-bond donors (Lipinski definition) is 1. The van der Waals surface area contributed by atoms with Gasteiger partial charge in [0.1, 0.15) is 11.6 Å². The van der Waals surface area contributed by atoms with E-state index in [1.165, 1.54) is 0 Å². The van der Waals surface area contributed by atoms with E-state index < -0.39 is 11.7 Å². The molecule has 0 saturated heterocycles. The van der Waals surface area contributed by atoms with Crippen LogP contribution in [0.4, 0.5) is 19.1 Å². The van der Waals surface area contributed by atoms with Crippen LogP contribution in [0.1, 0.15) is 87.1 Å². The van der Waals surface area contributed by atoms with Crippen LogP contribution in [0, 0.1) is 0 Å². The Labute approximate surface area is 168 Å². The van der Waals surface area contributed by atoms with Gasteiger partial charge in [0.25, 0.3) is 0 Å². The van der Waals surface area contributed by atoms with Crippen molar-refractivity contribution in [2.45, 2.75) is 89.4 Å². The number of fused-ring (bicyclic) bond motifs is 1. The summed E-state index contributed by atoms with van der Waals surface area (Å²) in [5.41, 5.74) is -0.719. The van der Waals surface area contributed by atoms with Crippen LogP contribution < -0.4 is 5.32 Å². The zero-order valence-corrected chi connectivity index (χ0v) is 16.8. The summed E-state index contributed by atoms with van der Waals surface area (Å²) in [6.07, 6.45) is 3.65. The topological polar surface area (TPSA) is 68.5 Å². The molecule has 1 saturated carbocycles. The maximum absolute atomic E-state index is 13.2. The first-order chi connectivity index (χ1) is 13.8. The first-order valence-electron chi connectivity index (χ1n) is 10.5. The molecule has 4 rings (SSSR count). The van der Waals surface area contributed by atoms with E-state index in [4.69, 9.17) is 0 Å². The molecule has 2 aromatic heterocycles. The molecule has 1 aliphatic heterocycles. The van der Waals surface area contributed by atoms with Gasteiger partial charge >= 0.3 is 6.18 Å². The average molecular weight is 408 g/mol. The summed E-state index contributed by atoms with van der Waals surface area (Å²) < 4.78 is 42.0. The van der Waals surface area contributed by atoms with Gasteiger partial charge in [0.15, 0.2) is 0 Å². The SMILES string of the molecule is CC(C)c1nc(N[C@@H]2CCC[C@H](c3nnc4n3CCCC4)C2)ncc1C(F)(F)F. The Kier molecular flexibility index (Phi) is 5.48. The Morgan fingerprint density at radius 1 is 1.14 bits per heavy atom. The summed E-state index contributed by atoms with van der Waals surface area (Å²) in [5.74, 6) is 2.38. The van der Waals surface area contributed by atoms with E-state index in [0.717, 1.165) is 69.3 Å². The van der Waals surface area contributed by atoms with Crippen LogP contribution in [0.5, 0.6) is 0 Å². The molecule has 3 heterocycles. The Morgan fingerprint density at radius 3 is 2.72 bits per heavy atom. The van der Waals surface area contributed by atoms with E-state index in [0.29, 0.717) is 5.92 Å². The minimum Gasteiger partial charge on any atom is -0.351 e. The van der Waals surface area contributed by atoms with Crippen molar-refractivity contribution >= 4 is 5.95 Å². The molecule has 1 aliphatic carbocycles. The first kappa shape index (κ1) is 20.1. The molecule has 2 aromatic rings. The third kappa shape index (κ3) is 4.23. The molecule has 1 N–H and O–H groups in total. The molecule has 0 spiro atoms. The highest BCUT2D eigenvalue weighted by Gasteiger charge is 2.36. The zero-order chi connectivity index (χ0) is 20.6. The third-order valence-corrected chi connectivity index (χ3v) is 5.93. The van der Waals surface area contributed by atoms with Crippen LogP contribution in [0.2, 0.25) is 0 Å². The van der Waals surface area contributed by atoms with Gasteiger partial charge in [-0.1, -0.05) is 20.3 Å². The van der Waals surface area contributed by atoms with Gasteiger partial charge in [-0.3, -0.25) is 0 Å². The van der Waals surface area contributed by atoms with Crippen LogP contribution in [0.3, 0.4) is 0 Å². The molecule has 0 aromatic carbocycles. The lowest BCUT2D eigenvalue weighted by Crippen LogP contribution is -2.29. The fourth-order valence-corrected chi connectivity index (χ4v) is 4.49. The zero-order valence-electron chi connectivity index (χ0n) is 16.8. The van der Waals surface area contributed by atoms with E-state index in [1.807, 2.05) is 0 Å². The summed E-state index contributed by atoms with van der Waals surface area (Å²) in [5, 5.41) is 12.1. The van der Waals surface area contributed by atoms with Crippen molar-refractivity contribution in [1.82, 2.24) is 24.7 Å². The molecule has 1 fully saturated rings. The molecule has 2 aliphatic rings. The summed E-state index contributed by atoms with van der Waals surface area (Å²) in [4.78, 5) is 8.18. The Bertz CT molecular complexity index is 860. The van der Waals surface area contributed by atoms with Gasteiger partial charge in [-0.15, -0.1) is 10.2 Å². The van der Waals surface area contributed by atoms with Crippen LogP contribution >= 0.6 is 0 Å². The number of nitrogens with zero attached hydrogens (tertiary/aromatic N) is 5. The van der Waals surface area contributed by atoms with Crippen molar-refractivity contribution in [2.75, 3.05) is 5.32 Å². The molecule has 6 nitrogen and oxygen atoms in total. The van der Waals surface area contributed by atoms with Gasteiger partial charge in [0.2, 0.25) is 5.95 Å². The normalized spacial score (nSPS) is 22.6. The van der Waals surface area contributed by atoms with Gasteiger partial charge < -0.3 is 9.88 Å². The van der Waals surface area contributed by atoms with Crippen molar-refractivity contribution in [3.8, 4) is 0 Å². The van der Waals surface area contributed by atoms with Gasteiger partial charge in [-0.05, 0) is 38.0 Å². The predicted molar refractivity (Wildman–Crippen MR) is 103 cm³/mol. The second kappa shape index (κ2) is 7.91. The quantitative estimate of drug-likeness (QED) is 0.795. The van der Waals surface area contributed by atoms with E-state index >= 15 is 0 Å². The minimum absolute atomic E-state index is 0.0360. The second-order valence-electron chi connectivity index (χ2n) is 8.43. The lowest BCUT2D eigenvalue weighted by molar-refractivity contribution is -0.138. The standard InChI is InChI=1S/C20H27F3N6/c1-12(2)17-15(20(21,22)23)11-24-19(26-17)25-14-7-5-6-13(10-14)18-28-27-16-8-3-4-9-29(16)18/h11-14H,3-10H2,1-2H3,(H,24,25,26)/t13-,14+/m0/s1. The van der Waals surface area contributed by atoms with Crippen molar-refractivity contribution in [3.05, 3.63) is 29.1 Å². The molecular formula is C20H27F3N6. The molecule has 29 heavy (non-hydrogen) atoms. The fourth-order valence-electron chi connectivity index (χ4n) is 4.49. The first-order valence-corrected chi connectivity index (χ1v) is 10.5. The van der Waals surface area contributed by atoms with Crippen LogP contribution in [0.25, 0.3) is 0 Å². The van der Waals surface area contributed by atoms with Gasteiger partial charge in [0, 0.05) is 31.1 Å². The summed E-state index contributed by atoms with van der Waals surface area (Å²) >= 11 is 0. The lowest BCUT2D eigenvalue weighted by atomic mass is 9.85. The minimum atomic E-state index is -4.44. The number of nitrogens with one attached hydrogen (secondary N) is 1. The van der Waals surface area contributed by atoms with Gasteiger partial charge in [-0.2, -0.15) is 13.2 Å². The number of rotatable bonds is 4. The second-order valence-corrected chi connectivity index (χ2v) is 8.43. The summed E-state index contributed by atoms with van der Waals surface area (Å²) in [7, 11) is 0. The highest BCUT2D eigenvalue weighted by atomic mass is 19.4. The fraction of sp³-hybridized carbons (Fsp3) is 0.700. The van der Waals surface area contributed by atoms with E-state index in [9.17, 15) is 13.2 Å². The number of aromatic nitrogens is 5. The summed E-state index contributed by atoms with van der Waals surface area (Å²) in [6.45, 7) is 4.41. The highest BCUT2D eigenvalue weighted by molar-refractivity contribution is 5.34. The molecule has 9 heteroatoms. The van der Waals surface area contributed by atoms with E-state index in [2.05, 4.69) is 30.0 Å². The van der Waals surface area contributed by atoms with E-state index in [-0.39, 0.29) is 23.6 Å². The molecule has 0 radical (unpaired) electrons. The molecule has 2 atom stereocenters. The lowest BCUT2D eigenvalue weighted by Gasteiger charge is -2.30. The van der Waals surface area contributed by atoms with Gasteiger partial charge in [0.05, 0.1) is 11.3 Å². The number of halogens is 3. The number of alkyl halides is 3. The van der Waals surface area contributed by atoms with Crippen LogP contribution in [-0.2, 0) is 19.1 Å². The van der Waals surface area contributed by atoms with Crippen LogP contribution in [0.15, 0.2) is 6.20 Å². The van der Waals surface area contributed by atoms with Crippen molar-refractivity contribution in [2.24, 2.45) is 0 Å². The molecule has 158 valence electrons. The number of hydrogen-bond acceptors (Lipinski definition) is 5. The van der Waals surface area contributed by atoms with Crippen LogP contribution in [-0.4, -0.2) is 30.8 Å². The van der Waals surface area contributed by atoms with Gasteiger partial charge in [-0.25, -0.2) is 9.97 Å². The summed E-state index contributed by atoms with van der Waals surface area (Å²) in [6, 6.07) is 0.113. The smallest absolute Gasteiger partial charge is 0.351 e.